The molecule has 4 atom stereocenters. The molecule has 8 nitrogen and oxygen atoms in total. The summed E-state index contributed by atoms with van der Waals surface area (Å²) in [6.07, 6.45) is -3.11. The lowest BCUT2D eigenvalue weighted by atomic mass is 10.0. The standard InChI is InChI=1S/C6H14O6.C6H12O2/c7-1-3(9)5(11)6(12)4(10)2-8;1-2-3-4-5-6(7)8/h3-12H,1-2H2;2-5H2,1H3,(H,7,8)/t3-,4+,5+,6-;. The van der Waals surface area contributed by atoms with E-state index in [0.717, 1.165) is 19.3 Å². The topological polar surface area (TPSA) is 159 Å². The zero-order valence-electron chi connectivity index (χ0n) is 11.6. The Morgan fingerprint density at radius 2 is 1.30 bits per heavy atom. The number of aliphatic hydroxyl groups is 6. The molecule has 7 N–H and O–H groups in total. The Morgan fingerprint density at radius 1 is 0.900 bits per heavy atom. The molecule has 0 fully saturated rings. The van der Waals surface area contributed by atoms with Crippen LogP contribution in [0.15, 0.2) is 0 Å². The van der Waals surface area contributed by atoms with Gasteiger partial charge in [-0.05, 0) is 6.42 Å². The SMILES string of the molecule is CCCCCC(=O)O.OC[C@@H](O)[C@H](O)[C@H](O)[C@@H](O)CO. The van der Waals surface area contributed by atoms with Crippen LogP contribution in [0.4, 0.5) is 0 Å². The van der Waals surface area contributed by atoms with E-state index in [-0.39, 0.29) is 0 Å². The van der Waals surface area contributed by atoms with E-state index in [1.165, 1.54) is 0 Å². The average molecular weight is 298 g/mol. The third-order valence-electron chi connectivity index (χ3n) is 2.51. The molecule has 0 saturated carbocycles. The number of hydrogen-bond donors (Lipinski definition) is 7. The second-order valence-electron chi connectivity index (χ2n) is 4.33. The molecule has 0 aromatic carbocycles. The van der Waals surface area contributed by atoms with Gasteiger partial charge in [0.1, 0.15) is 24.4 Å². The van der Waals surface area contributed by atoms with Gasteiger partial charge in [0.2, 0.25) is 0 Å². The van der Waals surface area contributed by atoms with Gasteiger partial charge in [-0.2, -0.15) is 0 Å². The lowest BCUT2D eigenvalue weighted by Crippen LogP contribution is -2.46. The van der Waals surface area contributed by atoms with E-state index in [2.05, 4.69) is 6.92 Å². The minimum atomic E-state index is -1.67. The van der Waals surface area contributed by atoms with Crippen LogP contribution in [0.1, 0.15) is 32.6 Å². The first-order valence-corrected chi connectivity index (χ1v) is 6.47. The molecule has 0 unspecified atom stereocenters. The van der Waals surface area contributed by atoms with Gasteiger partial charge in [0.25, 0.3) is 0 Å². The van der Waals surface area contributed by atoms with Crippen LogP contribution >= 0.6 is 0 Å². The van der Waals surface area contributed by atoms with Gasteiger partial charge >= 0.3 is 5.97 Å². The number of carbonyl (C=O) groups is 1. The van der Waals surface area contributed by atoms with Crippen LogP contribution in [0, 0.1) is 0 Å². The van der Waals surface area contributed by atoms with Crippen molar-refractivity contribution >= 4 is 5.97 Å². The maximum absolute atomic E-state index is 9.87. The van der Waals surface area contributed by atoms with Crippen molar-refractivity contribution in [1.29, 1.82) is 0 Å². The van der Waals surface area contributed by atoms with Crippen LogP contribution in [-0.4, -0.2) is 79.3 Å². The Labute approximate surface area is 117 Å². The fraction of sp³-hybridized carbons (Fsp3) is 0.917. The quantitative estimate of drug-likeness (QED) is 0.242. The number of unbranched alkanes of at least 4 members (excludes halogenated alkanes) is 2. The van der Waals surface area contributed by atoms with Crippen LogP contribution in [0.5, 0.6) is 0 Å². The molecule has 0 bridgehead atoms. The molecule has 0 spiro atoms. The molecule has 20 heavy (non-hydrogen) atoms. The zero-order chi connectivity index (χ0) is 16.1. The molecule has 0 aliphatic heterocycles. The molecule has 0 aliphatic rings. The van der Waals surface area contributed by atoms with Gasteiger partial charge in [-0.3, -0.25) is 4.79 Å². The molecule has 0 radical (unpaired) electrons. The second-order valence-corrected chi connectivity index (χ2v) is 4.33. The van der Waals surface area contributed by atoms with Crippen molar-refractivity contribution in [3.8, 4) is 0 Å². The summed E-state index contributed by atoms with van der Waals surface area (Å²) in [5, 5.41) is 60.3. The Balaban J connectivity index is 0. The molecule has 8 heteroatoms. The Hall–Kier alpha value is -0.770. The first-order valence-electron chi connectivity index (χ1n) is 6.47. The third kappa shape index (κ3) is 11.1. The normalized spacial score (nSPS) is 16.6. The van der Waals surface area contributed by atoms with Gasteiger partial charge in [-0.25, -0.2) is 0 Å². The highest BCUT2D eigenvalue weighted by atomic mass is 16.4. The summed E-state index contributed by atoms with van der Waals surface area (Å²) in [6.45, 7) is 0.606. The van der Waals surface area contributed by atoms with Crippen molar-refractivity contribution in [1.82, 2.24) is 0 Å². The summed E-state index contributed by atoms with van der Waals surface area (Å²) >= 11 is 0. The van der Waals surface area contributed by atoms with Crippen molar-refractivity contribution in [2.24, 2.45) is 0 Å². The molecule has 122 valence electrons. The van der Waals surface area contributed by atoms with E-state index < -0.39 is 43.6 Å². The van der Waals surface area contributed by atoms with E-state index >= 15 is 0 Å². The Kier molecular flexibility index (Phi) is 14.2. The van der Waals surface area contributed by atoms with Crippen molar-refractivity contribution in [2.45, 2.75) is 57.0 Å². The van der Waals surface area contributed by atoms with E-state index in [0.29, 0.717) is 6.42 Å². The van der Waals surface area contributed by atoms with Gasteiger partial charge in [-0.15, -0.1) is 0 Å². The molecular weight excluding hydrogens is 272 g/mol. The Bertz CT molecular complexity index is 221. The van der Waals surface area contributed by atoms with Crippen LogP contribution in [0.2, 0.25) is 0 Å². The number of carboxylic acids is 1. The number of aliphatic carboxylic acids is 1. The highest BCUT2D eigenvalue weighted by molar-refractivity contribution is 5.66. The van der Waals surface area contributed by atoms with E-state index in [9.17, 15) is 4.79 Å². The predicted octanol–water partition coefficient (Wildman–Crippen LogP) is -1.93. The lowest BCUT2D eigenvalue weighted by molar-refractivity contribution is -0.137. The molecule has 0 aliphatic carbocycles. The molecule has 0 aromatic heterocycles. The van der Waals surface area contributed by atoms with Crippen molar-refractivity contribution < 1.29 is 40.5 Å². The van der Waals surface area contributed by atoms with Gasteiger partial charge < -0.3 is 35.7 Å². The minimum Gasteiger partial charge on any atom is -0.481 e. The third-order valence-corrected chi connectivity index (χ3v) is 2.51. The molecular formula is C12H26O8. The fourth-order valence-corrected chi connectivity index (χ4v) is 1.20. The minimum absolute atomic E-state index is 0.327. The lowest BCUT2D eigenvalue weighted by Gasteiger charge is -2.24. The molecule has 0 aromatic rings. The van der Waals surface area contributed by atoms with Crippen LogP contribution in [0.3, 0.4) is 0 Å². The van der Waals surface area contributed by atoms with E-state index in [4.69, 9.17) is 35.7 Å². The van der Waals surface area contributed by atoms with Crippen molar-refractivity contribution in [3.05, 3.63) is 0 Å². The summed E-state index contributed by atoms with van der Waals surface area (Å²) in [4.78, 5) is 9.87. The highest BCUT2D eigenvalue weighted by Gasteiger charge is 2.29. The molecule has 0 saturated heterocycles. The van der Waals surface area contributed by atoms with Gasteiger partial charge in [0, 0.05) is 6.42 Å². The van der Waals surface area contributed by atoms with Crippen LogP contribution in [0.25, 0.3) is 0 Å². The maximum atomic E-state index is 9.87. The van der Waals surface area contributed by atoms with Crippen LogP contribution in [-0.2, 0) is 4.79 Å². The first kappa shape index (κ1) is 21.5. The second kappa shape index (κ2) is 13.2. The van der Waals surface area contributed by atoms with Crippen molar-refractivity contribution in [3.63, 3.8) is 0 Å². The maximum Gasteiger partial charge on any atom is 0.303 e. The van der Waals surface area contributed by atoms with E-state index in [1.807, 2.05) is 0 Å². The first-order chi connectivity index (χ1) is 9.31. The van der Waals surface area contributed by atoms with Gasteiger partial charge in [-0.1, -0.05) is 19.8 Å². The monoisotopic (exact) mass is 298 g/mol. The van der Waals surface area contributed by atoms with E-state index in [1.54, 1.807) is 0 Å². The van der Waals surface area contributed by atoms with Gasteiger partial charge in [0.05, 0.1) is 13.2 Å². The molecule has 0 heterocycles. The number of aliphatic hydroxyl groups excluding tert-OH is 6. The van der Waals surface area contributed by atoms with Gasteiger partial charge in [0.15, 0.2) is 0 Å². The number of hydrogen-bond acceptors (Lipinski definition) is 7. The zero-order valence-corrected chi connectivity index (χ0v) is 11.6. The largest absolute Gasteiger partial charge is 0.481 e. The summed E-state index contributed by atoms with van der Waals surface area (Å²) < 4.78 is 0. The number of carboxylic acid groups (broad SMARTS) is 1. The highest BCUT2D eigenvalue weighted by Crippen LogP contribution is 2.04. The summed E-state index contributed by atoms with van der Waals surface area (Å²) in [5.74, 6) is -0.682. The molecule has 0 rings (SSSR count). The average Bonchev–Trinajstić information content (AvgIpc) is 2.44. The summed E-state index contributed by atoms with van der Waals surface area (Å²) in [7, 11) is 0. The van der Waals surface area contributed by atoms with Crippen molar-refractivity contribution in [2.75, 3.05) is 13.2 Å². The summed E-state index contributed by atoms with van der Waals surface area (Å²) in [5.41, 5.74) is 0. The van der Waals surface area contributed by atoms with Crippen LogP contribution < -0.4 is 0 Å². The number of rotatable bonds is 9. The predicted molar refractivity (Wildman–Crippen MR) is 70.0 cm³/mol. The summed E-state index contributed by atoms with van der Waals surface area (Å²) in [6, 6.07) is 0. The smallest absolute Gasteiger partial charge is 0.303 e. The fourth-order valence-electron chi connectivity index (χ4n) is 1.20. The Morgan fingerprint density at radius 3 is 1.55 bits per heavy atom. The molecule has 0 amide bonds.